The maximum absolute atomic E-state index is 12.3. The molecule has 1 amide bonds. The molecule has 23 heavy (non-hydrogen) atoms. The Balaban J connectivity index is 2.14. The minimum absolute atomic E-state index is 0.0604. The zero-order valence-electron chi connectivity index (χ0n) is 13.2. The fraction of sp³-hybridized carbons (Fsp3) is 0.235. The zero-order valence-corrected chi connectivity index (χ0v) is 13.2. The Kier molecular flexibility index (Phi) is 4.95. The Labute approximate surface area is 134 Å². The molecule has 0 aliphatic carbocycles. The Morgan fingerprint density at radius 2 is 1.87 bits per heavy atom. The normalized spacial score (nSPS) is 11.6. The molecule has 6 heteroatoms. The Hall–Kier alpha value is -2.89. The average Bonchev–Trinajstić information content (AvgIpc) is 2.54. The van der Waals surface area contributed by atoms with E-state index in [0.717, 1.165) is 11.3 Å². The van der Waals surface area contributed by atoms with E-state index < -0.39 is 4.92 Å². The molecular weight excluding hydrogens is 296 g/mol. The molecule has 2 aromatic carbocycles. The van der Waals surface area contributed by atoms with Crippen molar-refractivity contribution in [2.24, 2.45) is 0 Å². The van der Waals surface area contributed by atoms with E-state index in [-0.39, 0.29) is 23.2 Å². The Morgan fingerprint density at radius 1 is 1.22 bits per heavy atom. The van der Waals surface area contributed by atoms with Gasteiger partial charge in [0.25, 0.3) is 11.6 Å². The van der Waals surface area contributed by atoms with Crippen molar-refractivity contribution >= 4 is 11.6 Å². The van der Waals surface area contributed by atoms with Crippen LogP contribution in [0.3, 0.4) is 0 Å². The first-order valence-electron chi connectivity index (χ1n) is 7.12. The van der Waals surface area contributed by atoms with Gasteiger partial charge in [-0.1, -0.05) is 18.2 Å². The van der Waals surface area contributed by atoms with Gasteiger partial charge in [-0.05, 0) is 37.6 Å². The minimum atomic E-state index is -0.487. The van der Waals surface area contributed by atoms with Gasteiger partial charge >= 0.3 is 0 Å². The summed E-state index contributed by atoms with van der Waals surface area (Å²) in [5.74, 6) is 0.387. The summed E-state index contributed by atoms with van der Waals surface area (Å²) in [6.07, 6.45) is 0. The van der Waals surface area contributed by atoms with Crippen LogP contribution in [0.2, 0.25) is 0 Å². The lowest BCUT2D eigenvalue weighted by molar-refractivity contribution is -0.385. The SMILES string of the molecule is COc1ccc([C@H](C)NC(=O)c2ccc(C)c([N+](=O)[O-])c2)cc1. The van der Waals surface area contributed by atoms with E-state index in [9.17, 15) is 14.9 Å². The molecule has 0 saturated heterocycles. The molecule has 0 aliphatic rings. The fourth-order valence-corrected chi connectivity index (χ4v) is 2.20. The van der Waals surface area contributed by atoms with Crippen LogP contribution in [0.1, 0.15) is 34.5 Å². The third-order valence-electron chi connectivity index (χ3n) is 3.63. The first-order chi connectivity index (χ1) is 10.9. The molecule has 2 rings (SSSR count). The van der Waals surface area contributed by atoms with Gasteiger partial charge < -0.3 is 10.1 Å². The van der Waals surface area contributed by atoms with Crippen LogP contribution in [0.5, 0.6) is 5.75 Å². The van der Waals surface area contributed by atoms with Crippen molar-refractivity contribution in [2.45, 2.75) is 19.9 Å². The van der Waals surface area contributed by atoms with Crippen molar-refractivity contribution in [3.05, 3.63) is 69.3 Å². The van der Waals surface area contributed by atoms with Gasteiger partial charge in [-0.25, -0.2) is 0 Å². The zero-order chi connectivity index (χ0) is 17.0. The number of nitro benzene ring substituents is 1. The monoisotopic (exact) mass is 314 g/mol. The number of methoxy groups -OCH3 is 1. The summed E-state index contributed by atoms with van der Waals surface area (Å²) in [5, 5.41) is 13.8. The highest BCUT2D eigenvalue weighted by Gasteiger charge is 2.16. The first-order valence-corrected chi connectivity index (χ1v) is 7.12. The number of benzene rings is 2. The van der Waals surface area contributed by atoms with Crippen molar-refractivity contribution in [3.63, 3.8) is 0 Å². The van der Waals surface area contributed by atoms with E-state index >= 15 is 0 Å². The summed E-state index contributed by atoms with van der Waals surface area (Å²) >= 11 is 0. The predicted octanol–water partition coefficient (Wildman–Crippen LogP) is 3.40. The van der Waals surface area contributed by atoms with Crippen LogP contribution in [0.4, 0.5) is 5.69 Å². The molecule has 0 fully saturated rings. The number of amides is 1. The number of carbonyl (C=O) groups excluding carboxylic acids is 1. The molecule has 0 radical (unpaired) electrons. The molecule has 6 nitrogen and oxygen atoms in total. The highest BCUT2D eigenvalue weighted by atomic mass is 16.6. The molecule has 120 valence electrons. The van der Waals surface area contributed by atoms with E-state index in [1.54, 1.807) is 26.2 Å². The van der Waals surface area contributed by atoms with Crippen LogP contribution >= 0.6 is 0 Å². The lowest BCUT2D eigenvalue weighted by Gasteiger charge is -2.15. The van der Waals surface area contributed by atoms with E-state index in [0.29, 0.717) is 5.56 Å². The average molecular weight is 314 g/mol. The highest BCUT2D eigenvalue weighted by molar-refractivity contribution is 5.95. The number of ether oxygens (including phenoxy) is 1. The number of carbonyl (C=O) groups is 1. The van der Waals surface area contributed by atoms with E-state index in [4.69, 9.17) is 4.74 Å². The molecule has 1 atom stereocenters. The van der Waals surface area contributed by atoms with Crippen molar-refractivity contribution < 1.29 is 14.5 Å². The van der Waals surface area contributed by atoms with Crippen molar-refractivity contribution in [2.75, 3.05) is 7.11 Å². The van der Waals surface area contributed by atoms with Gasteiger partial charge in [-0.2, -0.15) is 0 Å². The van der Waals surface area contributed by atoms with Crippen molar-refractivity contribution in [3.8, 4) is 5.75 Å². The summed E-state index contributed by atoms with van der Waals surface area (Å²) in [7, 11) is 1.59. The summed E-state index contributed by atoms with van der Waals surface area (Å²) in [6, 6.07) is 11.6. The number of nitrogens with zero attached hydrogens (tertiary/aromatic N) is 1. The predicted molar refractivity (Wildman–Crippen MR) is 86.7 cm³/mol. The summed E-state index contributed by atoms with van der Waals surface area (Å²) in [5.41, 5.74) is 1.65. The second-order valence-electron chi connectivity index (χ2n) is 5.23. The van der Waals surface area contributed by atoms with E-state index in [2.05, 4.69) is 5.32 Å². The maximum Gasteiger partial charge on any atom is 0.273 e. The van der Waals surface area contributed by atoms with Gasteiger partial charge in [0, 0.05) is 17.2 Å². The number of nitrogens with one attached hydrogen (secondary N) is 1. The molecule has 0 bridgehead atoms. The second-order valence-corrected chi connectivity index (χ2v) is 5.23. The summed E-state index contributed by atoms with van der Waals surface area (Å²) in [4.78, 5) is 22.8. The van der Waals surface area contributed by atoms with Crippen LogP contribution in [-0.4, -0.2) is 17.9 Å². The van der Waals surface area contributed by atoms with Gasteiger partial charge in [0.15, 0.2) is 0 Å². The molecular formula is C17H18N2O4. The molecule has 0 saturated carbocycles. The third-order valence-corrected chi connectivity index (χ3v) is 3.63. The van der Waals surface area contributed by atoms with Crippen LogP contribution in [0.25, 0.3) is 0 Å². The quantitative estimate of drug-likeness (QED) is 0.677. The van der Waals surface area contributed by atoms with Gasteiger partial charge in [0.05, 0.1) is 18.1 Å². The number of rotatable bonds is 5. The summed E-state index contributed by atoms with van der Waals surface area (Å²) in [6.45, 7) is 3.49. The third kappa shape index (κ3) is 3.85. The van der Waals surface area contributed by atoms with Gasteiger partial charge in [-0.3, -0.25) is 14.9 Å². The Morgan fingerprint density at radius 3 is 2.43 bits per heavy atom. The lowest BCUT2D eigenvalue weighted by atomic mass is 10.1. The molecule has 0 heterocycles. The van der Waals surface area contributed by atoms with E-state index in [1.165, 1.54) is 6.07 Å². The van der Waals surface area contributed by atoms with Gasteiger partial charge in [-0.15, -0.1) is 0 Å². The molecule has 1 N–H and O–H groups in total. The van der Waals surface area contributed by atoms with Gasteiger partial charge in [0.1, 0.15) is 5.75 Å². The van der Waals surface area contributed by atoms with Crippen molar-refractivity contribution in [1.29, 1.82) is 0 Å². The van der Waals surface area contributed by atoms with Crippen LogP contribution < -0.4 is 10.1 Å². The Bertz CT molecular complexity index is 726. The standard InChI is InChI=1S/C17H18N2O4/c1-11-4-5-14(10-16(11)19(21)22)17(20)18-12(2)13-6-8-15(23-3)9-7-13/h4-10,12H,1-3H3,(H,18,20)/t12-/m0/s1. The first kappa shape index (κ1) is 16.5. The van der Waals surface area contributed by atoms with Crippen LogP contribution in [0, 0.1) is 17.0 Å². The molecule has 0 aromatic heterocycles. The number of hydrogen-bond acceptors (Lipinski definition) is 4. The minimum Gasteiger partial charge on any atom is -0.497 e. The molecule has 2 aromatic rings. The van der Waals surface area contributed by atoms with Crippen LogP contribution in [-0.2, 0) is 0 Å². The topological polar surface area (TPSA) is 81.5 Å². The van der Waals surface area contributed by atoms with E-state index in [1.807, 2.05) is 31.2 Å². The molecule has 0 spiro atoms. The van der Waals surface area contributed by atoms with Crippen LogP contribution in [0.15, 0.2) is 42.5 Å². The second kappa shape index (κ2) is 6.91. The smallest absolute Gasteiger partial charge is 0.273 e. The largest absolute Gasteiger partial charge is 0.497 e. The van der Waals surface area contributed by atoms with Crippen molar-refractivity contribution in [1.82, 2.24) is 5.32 Å². The molecule has 0 unspecified atom stereocenters. The lowest BCUT2D eigenvalue weighted by Crippen LogP contribution is -2.26. The molecule has 0 aliphatic heterocycles. The number of hydrogen-bond donors (Lipinski definition) is 1. The number of aryl methyl sites for hydroxylation is 1. The summed E-state index contributed by atoms with van der Waals surface area (Å²) < 4.78 is 5.09. The number of nitro groups is 1. The highest BCUT2D eigenvalue weighted by Crippen LogP contribution is 2.21. The van der Waals surface area contributed by atoms with Gasteiger partial charge in [0.2, 0.25) is 0 Å². The maximum atomic E-state index is 12.3. The fourth-order valence-electron chi connectivity index (χ4n) is 2.20.